The van der Waals surface area contributed by atoms with Crippen molar-refractivity contribution in [3.63, 3.8) is 0 Å². The molecule has 1 nitrogen and oxygen atoms in total. The van der Waals surface area contributed by atoms with Crippen molar-refractivity contribution in [2.45, 2.75) is 98.8 Å². The predicted molar refractivity (Wildman–Crippen MR) is 83.8 cm³/mol. The number of hydrogen-bond donors (Lipinski definition) is 0. The zero-order valence-corrected chi connectivity index (χ0v) is 13.1. The van der Waals surface area contributed by atoms with Gasteiger partial charge < -0.3 is 5.48 Å². The van der Waals surface area contributed by atoms with Crippen LogP contribution in [0.5, 0.6) is 0 Å². The molecule has 110 valence electrons. The van der Waals surface area contributed by atoms with Crippen molar-refractivity contribution in [3.8, 4) is 0 Å². The second-order valence-corrected chi connectivity index (χ2v) is 4.80. The molecule has 2 N–H and O–H groups in total. The van der Waals surface area contributed by atoms with E-state index in [0.29, 0.717) is 0 Å². The molecule has 0 aromatic carbocycles. The minimum absolute atomic E-state index is 0. The number of rotatable bonds is 4. The van der Waals surface area contributed by atoms with Crippen LogP contribution in [0.3, 0.4) is 0 Å². The van der Waals surface area contributed by atoms with Gasteiger partial charge >= 0.3 is 0 Å². The Labute approximate surface area is 112 Å². The largest absolute Gasteiger partial charge is 0.412 e. The Bertz CT molecular complexity index is 97.3. The van der Waals surface area contributed by atoms with Gasteiger partial charge in [-0.1, -0.05) is 98.8 Å². The Morgan fingerprint density at radius 2 is 1.24 bits per heavy atom. The zero-order chi connectivity index (χ0) is 12.6. The van der Waals surface area contributed by atoms with Gasteiger partial charge in [-0.15, -0.1) is 0 Å². The quantitative estimate of drug-likeness (QED) is 0.546. The highest BCUT2D eigenvalue weighted by molar-refractivity contribution is 4.59. The Hall–Kier alpha value is -0.0400. The Morgan fingerprint density at radius 1 is 0.824 bits per heavy atom. The van der Waals surface area contributed by atoms with Crippen LogP contribution in [0.4, 0.5) is 0 Å². The van der Waals surface area contributed by atoms with Crippen LogP contribution in [0.2, 0.25) is 0 Å². The van der Waals surface area contributed by atoms with Crippen molar-refractivity contribution < 1.29 is 6.90 Å². The molecule has 1 saturated carbocycles. The minimum Gasteiger partial charge on any atom is -0.412 e. The van der Waals surface area contributed by atoms with Gasteiger partial charge in [0.05, 0.1) is 0 Å². The van der Waals surface area contributed by atoms with Crippen LogP contribution in [0.25, 0.3) is 0 Å². The molecule has 0 unspecified atom stereocenters. The molecule has 0 aliphatic heterocycles. The third-order valence-corrected chi connectivity index (χ3v) is 3.10. The van der Waals surface area contributed by atoms with Gasteiger partial charge in [0.15, 0.2) is 0 Å². The average Bonchev–Trinajstić information content (AvgIpc) is 2.34. The molecule has 1 aliphatic rings. The summed E-state index contributed by atoms with van der Waals surface area (Å²) in [5.74, 6) is 1.04. The van der Waals surface area contributed by atoms with E-state index in [-0.39, 0.29) is 6.90 Å². The molecular formula is C16H40O. The topological polar surface area (TPSA) is 31.5 Å². The highest BCUT2D eigenvalue weighted by Gasteiger charge is 2.05. The molecule has 0 spiro atoms. The molecule has 0 amide bonds. The Kier molecular flexibility index (Phi) is 27.7. The molecule has 0 aromatic rings. The van der Waals surface area contributed by atoms with Crippen molar-refractivity contribution in [2.24, 2.45) is 5.92 Å². The fourth-order valence-corrected chi connectivity index (χ4v) is 1.98. The van der Waals surface area contributed by atoms with E-state index in [4.69, 9.17) is 0 Å². The van der Waals surface area contributed by atoms with Crippen LogP contribution in [0.1, 0.15) is 100 Å². The highest BCUT2D eigenvalue weighted by Crippen LogP contribution is 2.22. The van der Waals surface area contributed by atoms with Gasteiger partial charge in [-0.05, 0) is 5.92 Å². The van der Waals surface area contributed by atoms with Crippen molar-refractivity contribution in [2.75, 3.05) is 0 Å². The Morgan fingerprint density at radius 3 is 1.47 bits per heavy atom. The lowest BCUT2D eigenvalue weighted by atomic mass is 9.91. The molecule has 0 saturated heterocycles. The monoisotopic (exact) mass is 248 g/mol. The summed E-state index contributed by atoms with van der Waals surface area (Å²) in [5, 5.41) is 0. The predicted octanol–water partition coefficient (Wildman–Crippen LogP) is 6.01. The maximum Gasteiger partial charge on any atom is 0 e. The van der Waals surface area contributed by atoms with Crippen LogP contribution in [-0.4, -0.2) is 5.48 Å². The van der Waals surface area contributed by atoms with Crippen LogP contribution >= 0.6 is 0 Å². The molecule has 1 heteroatoms. The summed E-state index contributed by atoms with van der Waals surface area (Å²) in [6.07, 6.45) is 14.4. The molecule has 1 aliphatic carbocycles. The van der Waals surface area contributed by atoms with E-state index in [1.165, 1.54) is 64.2 Å². The maximum absolute atomic E-state index is 2.36. The summed E-state index contributed by atoms with van der Waals surface area (Å²) < 4.78 is 0. The second kappa shape index (κ2) is 21.3. The third kappa shape index (κ3) is 21.7. The fraction of sp³-hybridized carbons (Fsp3) is 1.00. The SMILES string of the molecule is CC.CC1CCCCC1.CCCCCCC.O.[HH]. The zero-order valence-electron chi connectivity index (χ0n) is 13.1. The summed E-state index contributed by atoms with van der Waals surface area (Å²) in [5.41, 5.74) is 0. The summed E-state index contributed by atoms with van der Waals surface area (Å²) in [6.45, 7) is 10.9. The maximum atomic E-state index is 2.36. The van der Waals surface area contributed by atoms with E-state index >= 15 is 0 Å². The second-order valence-electron chi connectivity index (χ2n) is 4.80. The molecule has 17 heavy (non-hydrogen) atoms. The first-order chi connectivity index (χ1) is 7.81. The van der Waals surface area contributed by atoms with Gasteiger partial charge in [0.1, 0.15) is 0 Å². The molecule has 0 radical (unpaired) electrons. The van der Waals surface area contributed by atoms with Gasteiger partial charge in [-0.2, -0.15) is 0 Å². The average molecular weight is 248 g/mol. The van der Waals surface area contributed by atoms with Gasteiger partial charge in [0.2, 0.25) is 0 Å². The minimum atomic E-state index is 0. The van der Waals surface area contributed by atoms with Crippen LogP contribution in [0, 0.1) is 5.92 Å². The summed E-state index contributed by atoms with van der Waals surface area (Å²) >= 11 is 0. The van der Waals surface area contributed by atoms with Crippen molar-refractivity contribution in [1.82, 2.24) is 0 Å². The first-order valence-electron chi connectivity index (χ1n) is 7.81. The van der Waals surface area contributed by atoms with Crippen molar-refractivity contribution in [1.29, 1.82) is 0 Å². The summed E-state index contributed by atoms with van der Waals surface area (Å²) in [7, 11) is 0. The molecule has 0 bridgehead atoms. The fourth-order valence-electron chi connectivity index (χ4n) is 1.98. The molecule has 0 atom stereocenters. The number of hydrogen-bond acceptors (Lipinski definition) is 0. The van der Waals surface area contributed by atoms with Crippen LogP contribution < -0.4 is 0 Å². The van der Waals surface area contributed by atoms with E-state index < -0.39 is 0 Å². The standard InChI is InChI=1S/C7H14.C7H16.C2H6.H2O.H2/c1-7-5-3-2-4-6-7;1-3-5-7-6-4-2;1-2;;/h7H,2-6H2,1H3;3-7H2,1-2H3;1-2H3;1H2;1H. The van der Waals surface area contributed by atoms with E-state index in [1.54, 1.807) is 0 Å². The van der Waals surface area contributed by atoms with Crippen LogP contribution in [0.15, 0.2) is 0 Å². The van der Waals surface area contributed by atoms with E-state index in [9.17, 15) is 0 Å². The smallest absolute Gasteiger partial charge is 0 e. The summed E-state index contributed by atoms with van der Waals surface area (Å²) in [4.78, 5) is 0. The first kappa shape index (κ1) is 22.2. The van der Waals surface area contributed by atoms with E-state index in [0.717, 1.165) is 5.92 Å². The Balaban J connectivity index is -0.0000000871. The van der Waals surface area contributed by atoms with Crippen LogP contribution in [-0.2, 0) is 0 Å². The normalized spacial score (nSPS) is 14.6. The lowest BCUT2D eigenvalue weighted by Crippen LogP contribution is -1.99. The molecule has 1 rings (SSSR count). The number of unbranched alkanes of at least 4 members (excludes halogenated alkanes) is 4. The van der Waals surface area contributed by atoms with Gasteiger partial charge in [0, 0.05) is 1.43 Å². The highest BCUT2D eigenvalue weighted by atomic mass is 16.0. The lowest BCUT2D eigenvalue weighted by molar-refractivity contribution is 0.385. The van der Waals surface area contributed by atoms with Crippen molar-refractivity contribution >= 4 is 0 Å². The van der Waals surface area contributed by atoms with Gasteiger partial charge in [-0.3, -0.25) is 0 Å². The molecular weight excluding hydrogens is 208 g/mol. The van der Waals surface area contributed by atoms with E-state index in [2.05, 4.69) is 20.8 Å². The molecule has 0 aromatic heterocycles. The molecule has 0 heterocycles. The molecule has 1 fully saturated rings. The van der Waals surface area contributed by atoms with E-state index in [1.807, 2.05) is 13.8 Å². The van der Waals surface area contributed by atoms with Gasteiger partial charge in [0.25, 0.3) is 0 Å². The third-order valence-electron chi connectivity index (χ3n) is 3.10. The van der Waals surface area contributed by atoms with Gasteiger partial charge in [-0.25, -0.2) is 0 Å². The lowest BCUT2D eigenvalue weighted by Gasteiger charge is -2.15. The van der Waals surface area contributed by atoms with Crippen molar-refractivity contribution in [3.05, 3.63) is 0 Å². The first-order valence-corrected chi connectivity index (χ1v) is 7.81. The summed E-state index contributed by atoms with van der Waals surface area (Å²) in [6, 6.07) is 0.